The lowest BCUT2D eigenvalue weighted by atomic mass is 9.94. The maximum absolute atomic E-state index is 13.3. The minimum absolute atomic E-state index is 0.0119. The average Bonchev–Trinajstić information content (AvgIpc) is 3.09. The molecule has 1 atom stereocenters. The van der Waals surface area contributed by atoms with Gasteiger partial charge in [0.15, 0.2) is 0 Å². The molecule has 0 radical (unpaired) electrons. The monoisotopic (exact) mass is 507 g/mol. The van der Waals surface area contributed by atoms with E-state index in [1.54, 1.807) is 54.6 Å². The van der Waals surface area contributed by atoms with Crippen molar-refractivity contribution in [2.24, 2.45) is 0 Å². The third-order valence-electron chi connectivity index (χ3n) is 5.62. The van der Waals surface area contributed by atoms with Crippen LogP contribution in [0.5, 0.6) is 11.5 Å². The van der Waals surface area contributed by atoms with Gasteiger partial charge in [-0.3, -0.25) is 14.5 Å². The number of aliphatic hydroxyl groups excluding tert-OH is 1. The van der Waals surface area contributed by atoms with E-state index in [2.05, 4.69) is 15.9 Å². The van der Waals surface area contributed by atoms with Gasteiger partial charge in [-0.15, -0.1) is 0 Å². The second kappa shape index (κ2) is 9.11. The van der Waals surface area contributed by atoms with Crippen LogP contribution in [0, 0.1) is 6.92 Å². The summed E-state index contributed by atoms with van der Waals surface area (Å²) in [6, 6.07) is 18.5. The number of Topliss-reactive ketones (excluding diaryl/α,β-unsaturated/α-hetero) is 1. The van der Waals surface area contributed by atoms with Crippen molar-refractivity contribution in [2.45, 2.75) is 13.0 Å². The second-order valence-electron chi connectivity index (χ2n) is 7.60. The van der Waals surface area contributed by atoms with Crippen molar-refractivity contribution in [1.82, 2.24) is 0 Å². The number of carbonyl (C=O) groups excluding carboxylic acids is 2. The van der Waals surface area contributed by atoms with Gasteiger partial charge < -0.3 is 14.6 Å². The Balaban J connectivity index is 1.97. The zero-order valence-electron chi connectivity index (χ0n) is 18.3. The lowest BCUT2D eigenvalue weighted by Crippen LogP contribution is -2.29. The molecule has 0 aromatic heterocycles. The Morgan fingerprint density at radius 2 is 1.61 bits per heavy atom. The number of hydrogen-bond donors (Lipinski definition) is 1. The number of nitrogens with zero attached hydrogens (tertiary/aromatic N) is 1. The van der Waals surface area contributed by atoms with Crippen LogP contribution in [0.25, 0.3) is 5.76 Å². The number of benzene rings is 3. The molecule has 168 valence electrons. The summed E-state index contributed by atoms with van der Waals surface area (Å²) < 4.78 is 11.4. The van der Waals surface area contributed by atoms with E-state index in [1.807, 2.05) is 19.1 Å². The predicted molar refractivity (Wildman–Crippen MR) is 130 cm³/mol. The standard InChI is InChI=1S/C26H22BrNO5/c1-15-8-11-17(12-9-15)28-23(18-6-4-5-7-20(18)32-2)22(25(30)26(28)31)24(29)16-10-13-21(33-3)19(27)14-16/h4-14,23,29H,1-3H3/b24-22+. The van der Waals surface area contributed by atoms with Crippen LogP contribution < -0.4 is 14.4 Å². The lowest BCUT2D eigenvalue weighted by molar-refractivity contribution is -0.132. The van der Waals surface area contributed by atoms with Gasteiger partial charge in [0.1, 0.15) is 17.3 Å². The second-order valence-corrected chi connectivity index (χ2v) is 8.45. The Labute approximate surface area is 200 Å². The number of hydrogen-bond acceptors (Lipinski definition) is 5. The van der Waals surface area contributed by atoms with Crippen molar-refractivity contribution in [3.8, 4) is 11.5 Å². The lowest BCUT2D eigenvalue weighted by Gasteiger charge is -2.26. The summed E-state index contributed by atoms with van der Waals surface area (Å²) in [6.45, 7) is 1.94. The van der Waals surface area contributed by atoms with Crippen LogP contribution in [-0.4, -0.2) is 31.0 Å². The number of para-hydroxylation sites is 1. The summed E-state index contributed by atoms with van der Waals surface area (Å²) in [5.41, 5.74) is 2.53. The molecular formula is C26H22BrNO5. The Bertz CT molecular complexity index is 1270. The van der Waals surface area contributed by atoms with Crippen molar-refractivity contribution in [1.29, 1.82) is 0 Å². The van der Waals surface area contributed by atoms with E-state index in [-0.39, 0.29) is 11.3 Å². The molecule has 0 saturated carbocycles. The minimum atomic E-state index is -0.871. The largest absolute Gasteiger partial charge is 0.507 e. The summed E-state index contributed by atoms with van der Waals surface area (Å²) >= 11 is 3.41. The predicted octanol–water partition coefficient (Wildman–Crippen LogP) is 5.40. The molecule has 1 unspecified atom stereocenters. The van der Waals surface area contributed by atoms with Crippen LogP contribution in [0.4, 0.5) is 5.69 Å². The fourth-order valence-electron chi connectivity index (χ4n) is 3.96. The molecule has 1 heterocycles. The molecule has 33 heavy (non-hydrogen) atoms. The first-order chi connectivity index (χ1) is 15.9. The summed E-state index contributed by atoms with van der Waals surface area (Å²) in [5.74, 6) is -0.682. The maximum atomic E-state index is 13.3. The molecule has 0 spiro atoms. The summed E-state index contributed by atoms with van der Waals surface area (Å²) in [4.78, 5) is 27.9. The molecule has 1 N–H and O–H groups in total. The quantitative estimate of drug-likeness (QED) is 0.284. The van der Waals surface area contributed by atoms with E-state index < -0.39 is 17.7 Å². The fraction of sp³-hybridized carbons (Fsp3) is 0.154. The SMILES string of the molecule is COc1ccc(/C(O)=C2\C(=O)C(=O)N(c3ccc(C)cc3)C2c2ccccc2OC)cc1Br. The zero-order valence-corrected chi connectivity index (χ0v) is 19.9. The Hall–Kier alpha value is -3.58. The highest BCUT2D eigenvalue weighted by molar-refractivity contribution is 9.10. The number of rotatable bonds is 5. The van der Waals surface area contributed by atoms with Crippen molar-refractivity contribution < 1.29 is 24.2 Å². The van der Waals surface area contributed by atoms with Crippen LogP contribution in [0.2, 0.25) is 0 Å². The highest BCUT2D eigenvalue weighted by Crippen LogP contribution is 2.45. The van der Waals surface area contributed by atoms with Gasteiger partial charge in [-0.2, -0.15) is 0 Å². The third-order valence-corrected chi connectivity index (χ3v) is 6.24. The van der Waals surface area contributed by atoms with Gasteiger partial charge in [0.2, 0.25) is 0 Å². The first-order valence-electron chi connectivity index (χ1n) is 10.2. The number of aliphatic hydroxyl groups is 1. The van der Waals surface area contributed by atoms with Gasteiger partial charge in [-0.05, 0) is 59.3 Å². The molecule has 7 heteroatoms. The number of methoxy groups -OCH3 is 2. The Kier molecular flexibility index (Phi) is 6.24. The number of ketones is 1. The van der Waals surface area contributed by atoms with Crippen LogP contribution in [0.3, 0.4) is 0 Å². The van der Waals surface area contributed by atoms with E-state index in [0.717, 1.165) is 5.56 Å². The fourth-order valence-corrected chi connectivity index (χ4v) is 4.50. The number of carbonyl (C=O) groups is 2. The van der Waals surface area contributed by atoms with Crippen molar-refractivity contribution in [3.05, 3.63) is 93.5 Å². The van der Waals surface area contributed by atoms with Crippen LogP contribution in [0.1, 0.15) is 22.7 Å². The van der Waals surface area contributed by atoms with E-state index >= 15 is 0 Å². The van der Waals surface area contributed by atoms with Gasteiger partial charge in [-0.25, -0.2) is 0 Å². The molecule has 1 aliphatic heterocycles. The number of halogens is 1. The maximum Gasteiger partial charge on any atom is 0.300 e. The van der Waals surface area contributed by atoms with E-state index in [9.17, 15) is 14.7 Å². The number of anilines is 1. The van der Waals surface area contributed by atoms with Gasteiger partial charge in [0.05, 0.1) is 30.3 Å². The molecule has 4 rings (SSSR count). The first kappa shape index (κ1) is 22.6. The van der Waals surface area contributed by atoms with E-state index in [0.29, 0.717) is 32.8 Å². The smallest absolute Gasteiger partial charge is 0.300 e. The summed E-state index contributed by atoms with van der Waals surface area (Å²) in [6.07, 6.45) is 0. The van der Waals surface area contributed by atoms with Crippen LogP contribution in [0.15, 0.2) is 76.8 Å². The van der Waals surface area contributed by atoms with E-state index in [4.69, 9.17) is 9.47 Å². The van der Waals surface area contributed by atoms with Gasteiger partial charge in [-0.1, -0.05) is 35.9 Å². The zero-order chi connectivity index (χ0) is 23.7. The van der Waals surface area contributed by atoms with Crippen molar-refractivity contribution in [2.75, 3.05) is 19.1 Å². The van der Waals surface area contributed by atoms with Crippen molar-refractivity contribution in [3.63, 3.8) is 0 Å². The Morgan fingerprint density at radius 1 is 0.939 bits per heavy atom. The number of amides is 1. The number of ether oxygens (including phenoxy) is 2. The molecule has 1 fully saturated rings. The first-order valence-corrected chi connectivity index (χ1v) is 11.0. The highest BCUT2D eigenvalue weighted by Gasteiger charge is 2.47. The van der Waals surface area contributed by atoms with Gasteiger partial charge >= 0.3 is 0 Å². The normalized spacial score (nSPS) is 17.3. The summed E-state index contributed by atoms with van der Waals surface area (Å²) in [7, 11) is 3.06. The van der Waals surface area contributed by atoms with Gasteiger partial charge in [0.25, 0.3) is 11.7 Å². The van der Waals surface area contributed by atoms with Crippen molar-refractivity contribution >= 4 is 39.1 Å². The molecular weight excluding hydrogens is 486 g/mol. The molecule has 1 saturated heterocycles. The van der Waals surface area contributed by atoms with Crippen LogP contribution >= 0.6 is 15.9 Å². The minimum Gasteiger partial charge on any atom is -0.507 e. The number of aryl methyl sites for hydroxylation is 1. The van der Waals surface area contributed by atoms with Crippen LogP contribution in [-0.2, 0) is 9.59 Å². The van der Waals surface area contributed by atoms with Gasteiger partial charge in [0, 0.05) is 16.8 Å². The molecule has 1 aliphatic rings. The highest BCUT2D eigenvalue weighted by atomic mass is 79.9. The Morgan fingerprint density at radius 3 is 2.24 bits per heavy atom. The molecule has 3 aromatic rings. The molecule has 3 aromatic carbocycles. The molecule has 6 nitrogen and oxygen atoms in total. The molecule has 1 amide bonds. The molecule has 0 bridgehead atoms. The van der Waals surface area contributed by atoms with E-state index in [1.165, 1.54) is 19.1 Å². The summed E-state index contributed by atoms with van der Waals surface area (Å²) in [5, 5.41) is 11.3. The topological polar surface area (TPSA) is 76.1 Å². The third kappa shape index (κ3) is 4.00. The average molecular weight is 508 g/mol. The molecule has 0 aliphatic carbocycles.